The van der Waals surface area contributed by atoms with E-state index in [0.29, 0.717) is 26.0 Å². The fourth-order valence-electron chi connectivity index (χ4n) is 2.14. The first-order valence-corrected chi connectivity index (χ1v) is 5.85. The van der Waals surface area contributed by atoms with Crippen LogP contribution in [0.15, 0.2) is 0 Å². The van der Waals surface area contributed by atoms with Crippen LogP contribution in [0.2, 0.25) is 0 Å². The van der Waals surface area contributed by atoms with Gasteiger partial charge in [-0.25, -0.2) is 0 Å². The predicted molar refractivity (Wildman–Crippen MR) is 59.7 cm³/mol. The molecule has 6 nitrogen and oxygen atoms in total. The van der Waals surface area contributed by atoms with Crippen molar-refractivity contribution in [2.75, 3.05) is 13.7 Å². The fraction of sp³-hybridized carbons (Fsp3) is 0.727. The molecule has 1 aromatic heterocycles. The summed E-state index contributed by atoms with van der Waals surface area (Å²) in [5.74, 6) is 0.754. The number of methoxy groups -OCH3 is 1. The molecular weight excluding hydrogens is 222 g/mol. The van der Waals surface area contributed by atoms with Crippen molar-refractivity contribution in [1.82, 2.24) is 14.8 Å². The number of carboxylic acid groups (broad SMARTS) is 1. The van der Waals surface area contributed by atoms with Gasteiger partial charge in [-0.2, -0.15) is 0 Å². The Balaban J connectivity index is 2.06. The van der Waals surface area contributed by atoms with Gasteiger partial charge in [0.05, 0.1) is 5.92 Å². The second-order valence-corrected chi connectivity index (χ2v) is 4.31. The minimum atomic E-state index is -0.729. The van der Waals surface area contributed by atoms with E-state index in [0.717, 1.165) is 24.5 Å². The van der Waals surface area contributed by atoms with Gasteiger partial charge in [0.25, 0.3) is 0 Å². The van der Waals surface area contributed by atoms with Gasteiger partial charge in [0.2, 0.25) is 0 Å². The zero-order valence-corrected chi connectivity index (χ0v) is 9.93. The predicted octanol–water partition coefficient (Wildman–Crippen LogP) is 0.504. The number of carbonyl (C=O) groups is 1. The van der Waals surface area contributed by atoms with Crippen molar-refractivity contribution in [3.05, 3.63) is 11.6 Å². The van der Waals surface area contributed by atoms with Gasteiger partial charge in [-0.15, -0.1) is 10.2 Å². The average Bonchev–Trinajstić information content (AvgIpc) is 2.72. The van der Waals surface area contributed by atoms with E-state index in [9.17, 15) is 4.79 Å². The first-order chi connectivity index (χ1) is 8.22. The SMILES string of the molecule is COCCCc1nnc2n1CC(C(=O)O)CC2. The number of hydrogen-bond donors (Lipinski definition) is 1. The highest BCUT2D eigenvalue weighted by molar-refractivity contribution is 5.70. The summed E-state index contributed by atoms with van der Waals surface area (Å²) in [6, 6.07) is 0. The molecule has 6 heteroatoms. The van der Waals surface area contributed by atoms with Crippen LogP contribution >= 0.6 is 0 Å². The first-order valence-electron chi connectivity index (χ1n) is 5.85. The molecule has 0 fully saturated rings. The molecule has 0 saturated carbocycles. The van der Waals surface area contributed by atoms with Gasteiger partial charge in [0.15, 0.2) is 0 Å². The minimum absolute atomic E-state index is 0.306. The van der Waals surface area contributed by atoms with E-state index in [4.69, 9.17) is 9.84 Å². The third kappa shape index (κ3) is 2.63. The highest BCUT2D eigenvalue weighted by Gasteiger charge is 2.26. The zero-order valence-electron chi connectivity index (χ0n) is 9.93. The van der Waals surface area contributed by atoms with Gasteiger partial charge in [-0.1, -0.05) is 0 Å². The molecule has 2 heterocycles. The molecule has 0 amide bonds. The number of ether oxygens (including phenoxy) is 1. The molecule has 0 aromatic carbocycles. The van der Waals surface area contributed by atoms with E-state index in [1.54, 1.807) is 7.11 Å². The van der Waals surface area contributed by atoms with E-state index in [2.05, 4.69) is 10.2 Å². The maximum Gasteiger partial charge on any atom is 0.308 e. The van der Waals surface area contributed by atoms with Gasteiger partial charge in [-0.05, 0) is 12.8 Å². The number of carboxylic acids is 1. The second kappa shape index (κ2) is 5.27. The Morgan fingerprint density at radius 1 is 1.59 bits per heavy atom. The summed E-state index contributed by atoms with van der Waals surface area (Å²) in [5.41, 5.74) is 0. The lowest BCUT2D eigenvalue weighted by Gasteiger charge is -2.20. The molecular formula is C11H17N3O3. The number of aryl methyl sites for hydroxylation is 2. The molecule has 94 valence electrons. The van der Waals surface area contributed by atoms with Crippen LogP contribution in [0.4, 0.5) is 0 Å². The summed E-state index contributed by atoms with van der Waals surface area (Å²) in [6.45, 7) is 1.19. The molecule has 0 saturated heterocycles. The van der Waals surface area contributed by atoms with Crippen molar-refractivity contribution in [2.24, 2.45) is 5.92 Å². The molecule has 0 bridgehead atoms. The molecule has 0 spiro atoms. The number of fused-ring (bicyclic) bond motifs is 1. The van der Waals surface area contributed by atoms with Crippen LogP contribution in [-0.4, -0.2) is 39.6 Å². The van der Waals surface area contributed by atoms with Crippen molar-refractivity contribution in [1.29, 1.82) is 0 Å². The van der Waals surface area contributed by atoms with E-state index >= 15 is 0 Å². The molecule has 1 N–H and O–H groups in total. The first kappa shape index (κ1) is 12.0. The lowest BCUT2D eigenvalue weighted by molar-refractivity contribution is -0.142. The van der Waals surface area contributed by atoms with Crippen LogP contribution in [-0.2, 0) is 28.9 Å². The topological polar surface area (TPSA) is 77.2 Å². The largest absolute Gasteiger partial charge is 0.481 e. The second-order valence-electron chi connectivity index (χ2n) is 4.31. The maximum absolute atomic E-state index is 11.0. The Labute approximate surface area is 99.6 Å². The Bertz CT molecular complexity index is 403. The number of rotatable bonds is 5. The van der Waals surface area contributed by atoms with Gasteiger partial charge in [-0.3, -0.25) is 4.79 Å². The summed E-state index contributed by atoms with van der Waals surface area (Å²) in [6.07, 6.45) is 3.03. The lowest BCUT2D eigenvalue weighted by atomic mass is 9.99. The van der Waals surface area contributed by atoms with Crippen molar-refractivity contribution >= 4 is 5.97 Å². The van der Waals surface area contributed by atoms with E-state index < -0.39 is 5.97 Å². The smallest absolute Gasteiger partial charge is 0.308 e. The van der Waals surface area contributed by atoms with Crippen LogP contribution in [0.25, 0.3) is 0 Å². The highest BCUT2D eigenvalue weighted by Crippen LogP contribution is 2.20. The summed E-state index contributed by atoms with van der Waals surface area (Å²) in [7, 11) is 1.67. The van der Waals surface area contributed by atoms with Crippen LogP contribution in [0.5, 0.6) is 0 Å². The average molecular weight is 239 g/mol. The Kier molecular flexibility index (Phi) is 3.73. The number of nitrogens with zero attached hydrogens (tertiary/aromatic N) is 3. The van der Waals surface area contributed by atoms with Crippen LogP contribution in [0.3, 0.4) is 0 Å². The van der Waals surface area contributed by atoms with Crippen LogP contribution in [0, 0.1) is 5.92 Å². The quantitative estimate of drug-likeness (QED) is 0.757. The summed E-state index contributed by atoms with van der Waals surface area (Å²) < 4.78 is 6.95. The third-order valence-corrected chi connectivity index (χ3v) is 3.12. The lowest BCUT2D eigenvalue weighted by Crippen LogP contribution is -2.27. The standard InChI is InChI=1S/C11H17N3O3/c1-17-6-2-3-9-12-13-10-5-4-8(11(15)16)7-14(9)10/h8H,2-7H2,1H3,(H,15,16). The molecule has 0 radical (unpaired) electrons. The molecule has 1 aliphatic rings. The third-order valence-electron chi connectivity index (χ3n) is 3.12. The molecule has 1 aromatic rings. The normalized spacial score (nSPS) is 19.0. The highest BCUT2D eigenvalue weighted by atomic mass is 16.5. The Morgan fingerprint density at radius 2 is 2.41 bits per heavy atom. The molecule has 1 aliphatic heterocycles. The van der Waals surface area contributed by atoms with Crippen LogP contribution in [0.1, 0.15) is 24.5 Å². The Morgan fingerprint density at radius 3 is 3.12 bits per heavy atom. The van der Waals surface area contributed by atoms with Crippen molar-refractivity contribution in [3.8, 4) is 0 Å². The van der Waals surface area contributed by atoms with E-state index in [1.165, 1.54) is 0 Å². The van der Waals surface area contributed by atoms with Gasteiger partial charge < -0.3 is 14.4 Å². The van der Waals surface area contributed by atoms with Gasteiger partial charge in [0, 0.05) is 33.1 Å². The van der Waals surface area contributed by atoms with E-state index in [1.807, 2.05) is 4.57 Å². The summed E-state index contributed by atoms with van der Waals surface area (Å²) >= 11 is 0. The number of aliphatic carboxylic acids is 1. The van der Waals surface area contributed by atoms with Crippen molar-refractivity contribution < 1.29 is 14.6 Å². The minimum Gasteiger partial charge on any atom is -0.481 e. The fourth-order valence-corrected chi connectivity index (χ4v) is 2.14. The monoisotopic (exact) mass is 239 g/mol. The zero-order chi connectivity index (χ0) is 12.3. The molecule has 1 atom stereocenters. The molecule has 17 heavy (non-hydrogen) atoms. The van der Waals surface area contributed by atoms with Crippen LogP contribution < -0.4 is 0 Å². The van der Waals surface area contributed by atoms with Crippen molar-refractivity contribution in [2.45, 2.75) is 32.2 Å². The molecule has 2 rings (SSSR count). The van der Waals surface area contributed by atoms with E-state index in [-0.39, 0.29) is 5.92 Å². The van der Waals surface area contributed by atoms with Crippen molar-refractivity contribution in [3.63, 3.8) is 0 Å². The summed E-state index contributed by atoms with van der Waals surface area (Å²) in [4.78, 5) is 11.0. The van der Waals surface area contributed by atoms with Gasteiger partial charge >= 0.3 is 5.97 Å². The molecule has 1 unspecified atom stereocenters. The summed E-state index contributed by atoms with van der Waals surface area (Å²) in [5, 5.41) is 17.3. The maximum atomic E-state index is 11.0. The number of hydrogen-bond acceptors (Lipinski definition) is 4. The van der Waals surface area contributed by atoms with Gasteiger partial charge in [0.1, 0.15) is 11.6 Å². The Hall–Kier alpha value is -1.43. The number of aromatic nitrogens is 3. The molecule has 0 aliphatic carbocycles.